The fourth-order valence-corrected chi connectivity index (χ4v) is 2.54. The second-order valence-electron chi connectivity index (χ2n) is 3.39. The lowest BCUT2D eigenvalue weighted by Crippen LogP contribution is -1.94. The molecule has 6 heteroatoms. The van der Waals surface area contributed by atoms with Gasteiger partial charge in [0.15, 0.2) is 5.16 Å². The number of halogens is 2. The summed E-state index contributed by atoms with van der Waals surface area (Å²) in [6.45, 7) is 1.88. The van der Waals surface area contributed by atoms with E-state index < -0.39 is 0 Å². The number of nitrogens with two attached hydrogens (primary N) is 1. The third kappa shape index (κ3) is 3.06. The monoisotopic (exact) mass is 361 g/mol. The largest absolute Gasteiger partial charge is 0.398 e. The van der Waals surface area contributed by atoms with Gasteiger partial charge >= 0.3 is 0 Å². The smallest absolute Gasteiger partial charge is 0.192 e. The number of hydrogen-bond donors (Lipinski definition) is 1. The van der Waals surface area contributed by atoms with Gasteiger partial charge in [0, 0.05) is 22.5 Å². The first-order valence-electron chi connectivity index (χ1n) is 4.78. The van der Waals surface area contributed by atoms with E-state index in [1.54, 1.807) is 12.3 Å². The number of rotatable bonds is 2. The Morgan fingerprint density at radius 2 is 2.18 bits per heavy atom. The van der Waals surface area contributed by atoms with Gasteiger partial charge in [0.2, 0.25) is 0 Å². The van der Waals surface area contributed by atoms with Crippen LogP contribution in [0, 0.1) is 16.3 Å². The highest BCUT2D eigenvalue weighted by atomic mass is 127. The highest BCUT2D eigenvalue weighted by molar-refractivity contribution is 14.1. The lowest BCUT2D eigenvalue weighted by atomic mass is 10.3. The average molecular weight is 361 g/mol. The summed E-state index contributed by atoms with van der Waals surface area (Å²) in [5.41, 5.74) is 7.23. The fourth-order valence-electron chi connectivity index (χ4n) is 1.21. The van der Waals surface area contributed by atoms with Crippen LogP contribution in [-0.2, 0) is 0 Å². The highest BCUT2D eigenvalue weighted by Gasteiger charge is 2.09. The lowest BCUT2D eigenvalue weighted by molar-refractivity contribution is 0.617. The van der Waals surface area contributed by atoms with Gasteiger partial charge in [-0.05, 0) is 59.5 Å². The van der Waals surface area contributed by atoms with Crippen molar-refractivity contribution in [1.29, 1.82) is 0 Å². The number of nitrogens with zero attached hydrogens (tertiary/aromatic N) is 2. The van der Waals surface area contributed by atoms with Crippen LogP contribution in [0.15, 0.2) is 34.4 Å². The van der Waals surface area contributed by atoms with Gasteiger partial charge in [-0.3, -0.25) is 0 Å². The molecule has 0 aliphatic carbocycles. The molecule has 1 heterocycles. The van der Waals surface area contributed by atoms with Crippen molar-refractivity contribution >= 4 is 40.0 Å². The molecule has 0 aliphatic rings. The van der Waals surface area contributed by atoms with E-state index in [9.17, 15) is 4.39 Å². The molecule has 1 aromatic carbocycles. The quantitative estimate of drug-likeness (QED) is 0.507. The summed E-state index contributed by atoms with van der Waals surface area (Å²) in [6, 6.07) is 4.82. The SMILES string of the molecule is Cc1ccnc(Sc2cc(F)c(I)cc2N)n1. The summed E-state index contributed by atoms with van der Waals surface area (Å²) in [5, 5.41) is 0.567. The Labute approximate surface area is 116 Å². The minimum Gasteiger partial charge on any atom is -0.398 e. The zero-order valence-corrected chi connectivity index (χ0v) is 11.9. The number of aromatic nitrogens is 2. The van der Waals surface area contributed by atoms with Gasteiger partial charge in [-0.1, -0.05) is 0 Å². The molecule has 3 nitrogen and oxygen atoms in total. The van der Waals surface area contributed by atoms with Gasteiger partial charge in [0.25, 0.3) is 0 Å². The van der Waals surface area contributed by atoms with Crippen LogP contribution < -0.4 is 5.73 Å². The zero-order valence-electron chi connectivity index (χ0n) is 8.95. The predicted molar refractivity (Wildman–Crippen MR) is 74.4 cm³/mol. The van der Waals surface area contributed by atoms with Gasteiger partial charge < -0.3 is 5.73 Å². The lowest BCUT2D eigenvalue weighted by Gasteiger charge is -2.06. The maximum absolute atomic E-state index is 13.4. The Balaban J connectivity index is 2.33. The van der Waals surface area contributed by atoms with Crippen molar-refractivity contribution < 1.29 is 4.39 Å². The summed E-state index contributed by atoms with van der Waals surface area (Å²) in [5.74, 6) is -0.282. The molecule has 0 atom stereocenters. The van der Waals surface area contributed by atoms with Crippen LogP contribution in [0.2, 0.25) is 0 Å². The molecule has 2 rings (SSSR count). The first kappa shape index (κ1) is 12.6. The predicted octanol–water partition coefficient (Wildman–Crippen LogP) is 3.26. The maximum atomic E-state index is 13.4. The minimum atomic E-state index is -0.282. The Bertz CT molecular complexity index is 562. The van der Waals surface area contributed by atoms with E-state index in [1.807, 2.05) is 35.6 Å². The molecule has 0 saturated carbocycles. The summed E-state index contributed by atoms with van der Waals surface area (Å²) >= 11 is 3.17. The Morgan fingerprint density at radius 3 is 2.88 bits per heavy atom. The molecule has 0 saturated heterocycles. The first-order valence-corrected chi connectivity index (χ1v) is 6.68. The molecule has 0 amide bonds. The second kappa shape index (κ2) is 5.18. The van der Waals surface area contributed by atoms with E-state index in [0.717, 1.165) is 5.69 Å². The van der Waals surface area contributed by atoms with Crippen LogP contribution in [0.3, 0.4) is 0 Å². The molecular formula is C11H9FIN3S. The van der Waals surface area contributed by atoms with E-state index in [1.165, 1.54) is 17.8 Å². The van der Waals surface area contributed by atoms with Gasteiger partial charge in [-0.15, -0.1) is 0 Å². The molecule has 2 aromatic rings. The number of anilines is 1. The topological polar surface area (TPSA) is 51.8 Å². The van der Waals surface area contributed by atoms with Gasteiger partial charge in [-0.25, -0.2) is 14.4 Å². The van der Waals surface area contributed by atoms with Gasteiger partial charge in [0.1, 0.15) is 5.82 Å². The van der Waals surface area contributed by atoms with E-state index in [4.69, 9.17) is 5.73 Å². The molecule has 0 aliphatic heterocycles. The number of benzene rings is 1. The Hall–Kier alpha value is -0.890. The van der Waals surface area contributed by atoms with Crippen molar-refractivity contribution in [3.05, 3.63) is 39.5 Å². The van der Waals surface area contributed by atoms with Crippen molar-refractivity contribution in [3.8, 4) is 0 Å². The van der Waals surface area contributed by atoms with E-state index in [0.29, 0.717) is 19.3 Å². The summed E-state index contributed by atoms with van der Waals surface area (Å²) in [7, 11) is 0. The molecule has 0 radical (unpaired) electrons. The van der Waals surface area contributed by atoms with E-state index in [-0.39, 0.29) is 5.82 Å². The van der Waals surface area contributed by atoms with Crippen molar-refractivity contribution in [2.75, 3.05) is 5.73 Å². The highest BCUT2D eigenvalue weighted by Crippen LogP contribution is 2.32. The third-order valence-electron chi connectivity index (χ3n) is 2.03. The molecule has 2 N–H and O–H groups in total. The van der Waals surface area contributed by atoms with Gasteiger partial charge in [0.05, 0.1) is 3.57 Å². The van der Waals surface area contributed by atoms with E-state index >= 15 is 0 Å². The summed E-state index contributed by atoms with van der Waals surface area (Å²) in [4.78, 5) is 8.97. The molecule has 0 spiro atoms. The van der Waals surface area contributed by atoms with Crippen LogP contribution >= 0.6 is 34.4 Å². The van der Waals surface area contributed by atoms with Crippen LogP contribution in [0.5, 0.6) is 0 Å². The molecule has 0 unspecified atom stereocenters. The normalized spacial score (nSPS) is 10.5. The number of nitrogen functional groups attached to an aromatic ring is 1. The summed E-state index contributed by atoms with van der Waals surface area (Å²) in [6.07, 6.45) is 1.67. The standard InChI is InChI=1S/C11H9FIN3S/c1-6-2-3-15-11(16-6)17-10-4-7(12)8(13)5-9(10)14/h2-5H,14H2,1H3. The maximum Gasteiger partial charge on any atom is 0.192 e. The van der Waals surface area contributed by atoms with E-state index in [2.05, 4.69) is 9.97 Å². The molecular weight excluding hydrogens is 352 g/mol. The molecule has 0 bridgehead atoms. The van der Waals surface area contributed by atoms with Crippen LogP contribution in [0.25, 0.3) is 0 Å². The van der Waals surface area contributed by atoms with Crippen molar-refractivity contribution in [1.82, 2.24) is 9.97 Å². The first-order chi connectivity index (χ1) is 8.06. The summed E-state index contributed by atoms with van der Waals surface area (Å²) < 4.78 is 13.9. The minimum absolute atomic E-state index is 0.282. The molecule has 88 valence electrons. The van der Waals surface area contributed by atoms with Crippen LogP contribution in [-0.4, -0.2) is 9.97 Å². The van der Waals surface area contributed by atoms with Crippen molar-refractivity contribution in [3.63, 3.8) is 0 Å². The fraction of sp³-hybridized carbons (Fsp3) is 0.0909. The van der Waals surface area contributed by atoms with Gasteiger partial charge in [-0.2, -0.15) is 0 Å². The second-order valence-corrected chi connectivity index (χ2v) is 5.56. The number of aryl methyl sites for hydroxylation is 1. The van der Waals surface area contributed by atoms with Crippen LogP contribution in [0.1, 0.15) is 5.69 Å². The molecule has 0 fully saturated rings. The Morgan fingerprint density at radius 1 is 1.41 bits per heavy atom. The number of hydrogen-bond acceptors (Lipinski definition) is 4. The van der Waals surface area contributed by atoms with Crippen molar-refractivity contribution in [2.45, 2.75) is 17.0 Å². The Kier molecular flexibility index (Phi) is 3.82. The third-order valence-corrected chi connectivity index (χ3v) is 3.81. The zero-order chi connectivity index (χ0) is 12.4. The van der Waals surface area contributed by atoms with Crippen molar-refractivity contribution in [2.24, 2.45) is 0 Å². The average Bonchev–Trinajstić information content (AvgIpc) is 2.26. The van der Waals surface area contributed by atoms with Crippen LogP contribution in [0.4, 0.5) is 10.1 Å². The molecule has 1 aromatic heterocycles. The molecule has 17 heavy (non-hydrogen) atoms.